The van der Waals surface area contributed by atoms with Crippen molar-refractivity contribution in [1.29, 1.82) is 0 Å². The van der Waals surface area contributed by atoms with Crippen molar-refractivity contribution in [2.75, 3.05) is 0 Å². The molecule has 0 fully saturated rings. The van der Waals surface area contributed by atoms with E-state index in [0.717, 1.165) is 71.5 Å². The van der Waals surface area contributed by atoms with E-state index in [0.29, 0.717) is 28.1 Å². The van der Waals surface area contributed by atoms with Crippen molar-refractivity contribution < 1.29 is 32.7 Å². The zero-order chi connectivity index (χ0) is 50.9. The summed E-state index contributed by atoms with van der Waals surface area (Å²) in [7, 11) is 0. The van der Waals surface area contributed by atoms with Crippen LogP contribution in [-0.2, 0) is 25.5 Å². The summed E-state index contributed by atoms with van der Waals surface area (Å²) in [6.07, 6.45) is 1.87. The minimum atomic E-state index is -2.78. The maximum Gasteiger partial charge on any atom is 0.121 e. The summed E-state index contributed by atoms with van der Waals surface area (Å²) in [4.78, 5) is 9.58. The van der Waals surface area contributed by atoms with E-state index >= 15 is 0 Å². The number of pyridine rings is 1. The van der Waals surface area contributed by atoms with E-state index in [2.05, 4.69) is 138 Å². The fraction of sp³-hybridized carbons (Fsp3) is 0.194. The number of imidazole rings is 1. The topological polar surface area (TPSA) is 43.9 Å². The number of nitrogens with zero attached hydrogens (tertiary/aromatic N) is 3. The number of hydrogen-bond donors (Lipinski definition) is 0. The van der Waals surface area contributed by atoms with E-state index in [1.165, 1.54) is 11.6 Å². The molecule has 11 rings (SSSR count). The molecular weight excluding hydrogens is 995 g/mol. The molecule has 0 bridgehead atoms. The van der Waals surface area contributed by atoms with Crippen molar-refractivity contribution >= 4 is 54.5 Å². The molecule has 0 saturated heterocycles. The number of fused-ring (bicyclic) bond motifs is 7. The van der Waals surface area contributed by atoms with Gasteiger partial charge in [-0.15, -0.1) is 54.1 Å². The van der Waals surface area contributed by atoms with Crippen LogP contribution in [-0.4, -0.2) is 14.5 Å². The average Bonchev–Trinajstić information content (AvgIpc) is 3.93. The van der Waals surface area contributed by atoms with E-state index in [4.69, 9.17) is 17.6 Å². The van der Waals surface area contributed by atoms with Crippen LogP contribution in [0.15, 0.2) is 162 Å². The third-order valence-electron chi connectivity index (χ3n) is 12.7. The number of furan rings is 1. The second kappa shape index (κ2) is 18.2. The van der Waals surface area contributed by atoms with Crippen LogP contribution in [0.25, 0.3) is 94.0 Å². The number of aromatic nitrogens is 3. The predicted molar refractivity (Wildman–Crippen MR) is 278 cm³/mol. The van der Waals surface area contributed by atoms with Gasteiger partial charge >= 0.3 is 0 Å². The van der Waals surface area contributed by atoms with Crippen LogP contribution in [0, 0.1) is 25.8 Å². The molecule has 8 aromatic carbocycles. The Morgan fingerprint density at radius 1 is 0.642 bits per heavy atom. The SMILES string of the molecule is CC(C)(C)c1ccnc(-c2[c-]cccc2)c1.[2H]C([2H])([2H])c1ccc2nc(-c3[c-]ccc4c3oc3cc5c(ccc6ccccc65)cc34)n(-c3c(C(C)C)cc(-c4ccccc4)cc3C(C)C)c2c1C([2H])([2H])[2H].[Ir]. The van der Waals surface area contributed by atoms with Crippen LogP contribution in [0.2, 0.25) is 0 Å². The summed E-state index contributed by atoms with van der Waals surface area (Å²) in [5, 5.41) is 6.24. The molecule has 0 unspecified atom stereocenters. The Morgan fingerprint density at radius 3 is 2.10 bits per heavy atom. The maximum atomic E-state index is 8.82. The van der Waals surface area contributed by atoms with Gasteiger partial charge in [-0.3, -0.25) is 4.98 Å². The van der Waals surface area contributed by atoms with Crippen molar-refractivity contribution in [2.24, 2.45) is 0 Å². The molecular formula is C62H55IrN3O-2. The third-order valence-corrected chi connectivity index (χ3v) is 12.7. The number of rotatable bonds is 6. The van der Waals surface area contributed by atoms with Crippen LogP contribution in [0.3, 0.4) is 0 Å². The van der Waals surface area contributed by atoms with Gasteiger partial charge in [0.1, 0.15) is 5.58 Å². The molecule has 67 heavy (non-hydrogen) atoms. The summed E-state index contributed by atoms with van der Waals surface area (Å²) in [6, 6.07) is 57.0. The molecule has 5 heteroatoms. The fourth-order valence-corrected chi connectivity index (χ4v) is 9.17. The monoisotopic (exact) mass is 1060 g/mol. The maximum absolute atomic E-state index is 8.82. The van der Waals surface area contributed by atoms with E-state index in [1.807, 2.05) is 77.5 Å². The summed E-state index contributed by atoms with van der Waals surface area (Å²) in [5.74, 6) is 0.405. The van der Waals surface area contributed by atoms with Crippen molar-refractivity contribution in [3.05, 3.63) is 198 Å². The van der Waals surface area contributed by atoms with E-state index in [9.17, 15) is 0 Å². The first kappa shape index (κ1) is 38.5. The van der Waals surface area contributed by atoms with Gasteiger partial charge in [-0.1, -0.05) is 138 Å². The van der Waals surface area contributed by atoms with Gasteiger partial charge in [-0.25, -0.2) is 0 Å². The van der Waals surface area contributed by atoms with Crippen molar-refractivity contribution in [3.8, 4) is 39.5 Å². The normalized spacial score (nSPS) is 13.5. The Morgan fingerprint density at radius 2 is 1.39 bits per heavy atom. The van der Waals surface area contributed by atoms with Gasteiger partial charge in [-0.05, 0) is 134 Å². The third kappa shape index (κ3) is 8.41. The molecule has 0 aliphatic carbocycles. The van der Waals surface area contributed by atoms with E-state index in [1.54, 1.807) is 6.07 Å². The van der Waals surface area contributed by atoms with E-state index in [-0.39, 0.29) is 54.0 Å². The fourth-order valence-electron chi connectivity index (χ4n) is 9.17. The quantitative estimate of drug-likeness (QED) is 0.123. The molecule has 0 spiro atoms. The van der Waals surface area contributed by atoms with Gasteiger partial charge < -0.3 is 14.0 Å². The Hall–Kier alpha value is -6.65. The second-order valence-electron chi connectivity index (χ2n) is 18.8. The first-order valence-electron chi connectivity index (χ1n) is 25.7. The first-order valence-corrected chi connectivity index (χ1v) is 22.7. The van der Waals surface area contributed by atoms with E-state index < -0.39 is 13.7 Å². The molecule has 0 atom stereocenters. The molecule has 0 aliphatic heterocycles. The Bertz CT molecular complexity index is 3800. The molecule has 4 nitrogen and oxygen atoms in total. The number of aryl methyl sites for hydroxylation is 2. The van der Waals surface area contributed by atoms with Gasteiger partial charge in [0.2, 0.25) is 0 Å². The summed E-state index contributed by atoms with van der Waals surface area (Å²) < 4.78 is 60.6. The zero-order valence-electron chi connectivity index (χ0n) is 44.7. The summed E-state index contributed by atoms with van der Waals surface area (Å²) in [6.45, 7) is 9.64. The van der Waals surface area contributed by atoms with Crippen molar-refractivity contribution in [3.63, 3.8) is 0 Å². The summed E-state index contributed by atoms with van der Waals surface area (Å²) >= 11 is 0. The Labute approximate surface area is 416 Å². The van der Waals surface area contributed by atoms with Crippen LogP contribution in [0.5, 0.6) is 0 Å². The molecule has 335 valence electrons. The first-order chi connectivity index (χ1) is 34.3. The van der Waals surface area contributed by atoms with Crippen LogP contribution >= 0.6 is 0 Å². The molecule has 0 saturated carbocycles. The van der Waals surface area contributed by atoms with Crippen LogP contribution < -0.4 is 0 Å². The molecule has 3 aromatic heterocycles. The average molecular weight is 1060 g/mol. The van der Waals surface area contributed by atoms with Gasteiger partial charge in [-0.2, -0.15) is 0 Å². The predicted octanol–water partition coefficient (Wildman–Crippen LogP) is 17.1. The van der Waals surface area contributed by atoms with Gasteiger partial charge in [0, 0.05) is 45.6 Å². The molecule has 0 aliphatic rings. The van der Waals surface area contributed by atoms with Crippen LogP contribution in [0.4, 0.5) is 0 Å². The summed E-state index contributed by atoms with van der Waals surface area (Å²) in [5.41, 5.74) is 10.3. The number of benzene rings is 8. The van der Waals surface area contributed by atoms with Gasteiger partial charge in [0.25, 0.3) is 0 Å². The van der Waals surface area contributed by atoms with Gasteiger partial charge in [0.05, 0.1) is 22.4 Å². The molecule has 3 heterocycles. The zero-order valence-corrected chi connectivity index (χ0v) is 41.1. The van der Waals surface area contributed by atoms with Crippen molar-refractivity contribution in [2.45, 2.75) is 79.4 Å². The molecule has 11 aromatic rings. The van der Waals surface area contributed by atoms with Gasteiger partial charge in [0.15, 0.2) is 0 Å². The standard InChI is InChI=1S/C47H39N2O.C15H16N.Ir/c1-27(2)38-24-34(31-13-8-7-9-14-31)25-39(28(3)4)45(38)49-44-30(6)29(5)19-22-42(44)48-47(49)37-18-12-17-36-41-23-33-21-20-32-15-10-11-16-35(32)40(33)26-43(41)50-46(36)37;1-15(2,3)13-9-10-16-14(11-13)12-7-5-4-6-8-12;/h7-17,19-28H,1-6H3;4-7,9-11H,1-3H3;/q2*-1;/i5D3,6D3;;. The number of hydrogen-bond acceptors (Lipinski definition) is 3. The van der Waals surface area contributed by atoms with Crippen LogP contribution in [0.1, 0.15) is 96.3 Å². The Balaban J connectivity index is 0.000000329. The minimum Gasteiger partial charge on any atom is -0.501 e. The smallest absolute Gasteiger partial charge is 0.121 e. The van der Waals surface area contributed by atoms with Crippen molar-refractivity contribution in [1.82, 2.24) is 14.5 Å². The second-order valence-corrected chi connectivity index (χ2v) is 18.8. The molecule has 1 radical (unpaired) electrons. The minimum absolute atomic E-state index is 0. The Kier molecular flexibility index (Phi) is 10.4. The molecule has 0 N–H and O–H groups in total. The largest absolute Gasteiger partial charge is 0.501 e. The molecule has 0 amide bonds.